The Balaban J connectivity index is 1.75. The largest absolute Gasteiger partial charge is 0.494 e. The quantitative estimate of drug-likeness (QED) is 0.560. The van der Waals surface area contributed by atoms with Crippen LogP contribution in [0.5, 0.6) is 5.88 Å². The van der Waals surface area contributed by atoms with Gasteiger partial charge in [0.1, 0.15) is 0 Å². The number of halogens is 1. The predicted octanol–water partition coefficient (Wildman–Crippen LogP) is 4.68. The maximum Gasteiger partial charge on any atom is 0.303 e. The first-order valence-electron chi connectivity index (χ1n) is 7.88. The van der Waals surface area contributed by atoms with Crippen LogP contribution in [-0.2, 0) is 11.2 Å². The summed E-state index contributed by atoms with van der Waals surface area (Å²) in [6.07, 6.45) is 3.10. The number of rotatable bonds is 6. The standard InChI is InChI=1S/C19H17ClN2O3/c20-13-6-9-17-15(10-13)16(19(25)22-17)11-21-14-7-4-12(5-8-14)2-1-3-18(23)24/h4-11,22,25H,1-3H2,(H,23,24). The SMILES string of the molecule is O=C(O)CCCc1ccc(N=Cc2c(O)[nH]c3ccc(Cl)cc23)cc1. The lowest BCUT2D eigenvalue weighted by molar-refractivity contribution is -0.137. The third-order valence-electron chi connectivity index (χ3n) is 3.92. The second-order valence-corrected chi connectivity index (χ2v) is 6.19. The first kappa shape index (κ1) is 17.0. The van der Waals surface area contributed by atoms with Gasteiger partial charge in [0.05, 0.1) is 11.3 Å². The van der Waals surface area contributed by atoms with Crippen LogP contribution >= 0.6 is 11.6 Å². The summed E-state index contributed by atoms with van der Waals surface area (Å²) < 4.78 is 0. The van der Waals surface area contributed by atoms with Crippen molar-refractivity contribution in [3.05, 3.63) is 58.6 Å². The van der Waals surface area contributed by atoms with Crippen molar-refractivity contribution < 1.29 is 15.0 Å². The molecule has 2 aromatic carbocycles. The molecule has 0 unspecified atom stereocenters. The molecule has 0 atom stereocenters. The lowest BCUT2D eigenvalue weighted by atomic mass is 10.1. The van der Waals surface area contributed by atoms with Crippen molar-refractivity contribution >= 4 is 40.4 Å². The number of aliphatic carboxylic acids is 1. The summed E-state index contributed by atoms with van der Waals surface area (Å²) in [5.74, 6) is -0.730. The van der Waals surface area contributed by atoms with Crippen molar-refractivity contribution in [2.75, 3.05) is 0 Å². The van der Waals surface area contributed by atoms with E-state index in [1.165, 1.54) is 0 Å². The molecule has 0 bridgehead atoms. The molecule has 0 amide bonds. The summed E-state index contributed by atoms with van der Waals surface area (Å²) in [6, 6.07) is 12.9. The number of carboxylic acids is 1. The topological polar surface area (TPSA) is 85.7 Å². The van der Waals surface area contributed by atoms with E-state index >= 15 is 0 Å². The molecule has 0 aliphatic carbocycles. The molecule has 0 saturated carbocycles. The fourth-order valence-electron chi connectivity index (χ4n) is 2.63. The van der Waals surface area contributed by atoms with E-state index in [4.69, 9.17) is 16.7 Å². The minimum atomic E-state index is -0.778. The summed E-state index contributed by atoms with van der Waals surface area (Å²) in [6.45, 7) is 0. The molecular formula is C19H17ClN2O3. The number of aromatic nitrogens is 1. The number of aryl methyl sites for hydroxylation is 1. The van der Waals surface area contributed by atoms with E-state index in [-0.39, 0.29) is 12.3 Å². The molecule has 0 spiro atoms. The first-order valence-corrected chi connectivity index (χ1v) is 8.26. The average Bonchev–Trinajstić information content (AvgIpc) is 2.88. The molecule has 0 fully saturated rings. The van der Waals surface area contributed by atoms with Gasteiger partial charge in [-0.3, -0.25) is 9.79 Å². The molecule has 128 valence electrons. The van der Waals surface area contributed by atoms with E-state index in [1.807, 2.05) is 24.3 Å². The highest BCUT2D eigenvalue weighted by molar-refractivity contribution is 6.31. The maximum atomic E-state index is 10.5. The minimum absolute atomic E-state index is 0.0475. The molecule has 1 heterocycles. The number of nitrogens with one attached hydrogen (secondary N) is 1. The Morgan fingerprint density at radius 2 is 1.96 bits per heavy atom. The number of hydrogen-bond donors (Lipinski definition) is 3. The molecule has 25 heavy (non-hydrogen) atoms. The number of hydrogen-bond acceptors (Lipinski definition) is 3. The van der Waals surface area contributed by atoms with Crippen LogP contribution in [0.25, 0.3) is 10.9 Å². The van der Waals surface area contributed by atoms with Crippen molar-refractivity contribution in [3.63, 3.8) is 0 Å². The van der Waals surface area contributed by atoms with Gasteiger partial charge in [0.15, 0.2) is 5.88 Å². The lowest BCUT2D eigenvalue weighted by Crippen LogP contribution is -1.95. The zero-order valence-corrected chi connectivity index (χ0v) is 14.1. The van der Waals surface area contributed by atoms with Crippen LogP contribution in [0, 0.1) is 0 Å². The van der Waals surface area contributed by atoms with Crippen molar-refractivity contribution in [3.8, 4) is 5.88 Å². The normalized spacial score (nSPS) is 11.4. The zero-order valence-electron chi connectivity index (χ0n) is 13.4. The Kier molecular flexibility index (Phi) is 5.05. The van der Waals surface area contributed by atoms with Crippen molar-refractivity contribution in [1.29, 1.82) is 0 Å². The second kappa shape index (κ2) is 7.40. The van der Waals surface area contributed by atoms with Gasteiger partial charge < -0.3 is 15.2 Å². The van der Waals surface area contributed by atoms with Gasteiger partial charge in [0, 0.05) is 28.6 Å². The van der Waals surface area contributed by atoms with E-state index in [0.717, 1.165) is 28.6 Å². The average molecular weight is 357 g/mol. The number of H-pyrrole nitrogens is 1. The summed E-state index contributed by atoms with van der Waals surface area (Å²) in [7, 11) is 0. The Morgan fingerprint density at radius 1 is 1.20 bits per heavy atom. The van der Waals surface area contributed by atoms with Gasteiger partial charge in [-0.15, -0.1) is 0 Å². The molecule has 6 heteroatoms. The number of fused-ring (bicyclic) bond motifs is 1. The van der Waals surface area contributed by atoms with Gasteiger partial charge in [-0.2, -0.15) is 0 Å². The van der Waals surface area contributed by atoms with E-state index in [2.05, 4.69) is 9.98 Å². The molecule has 3 rings (SSSR count). The summed E-state index contributed by atoms with van der Waals surface area (Å²) in [5, 5.41) is 20.1. The minimum Gasteiger partial charge on any atom is -0.494 e. The predicted molar refractivity (Wildman–Crippen MR) is 99.2 cm³/mol. The maximum absolute atomic E-state index is 10.5. The van der Waals surface area contributed by atoms with Gasteiger partial charge in [0.25, 0.3) is 0 Å². The number of aliphatic imine (C=N–C) groups is 1. The van der Waals surface area contributed by atoms with Crippen LogP contribution in [0.15, 0.2) is 47.5 Å². The lowest BCUT2D eigenvalue weighted by Gasteiger charge is -2.00. The Bertz CT molecular complexity index is 930. The van der Waals surface area contributed by atoms with Crippen LogP contribution < -0.4 is 0 Å². The van der Waals surface area contributed by atoms with Gasteiger partial charge >= 0.3 is 5.97 Å². The molecule has 3 N–H and O–H groups in total. The van der Waals surface area contributed by atoms with E-state index in [1.54, 1.807) is 24.4 Å². The molecule has 3 aromatic rings. The number of aromatic hydroxyl groups is 1. The van der Waals surface area contributed by atoms with Crippen molar-refractivity contribution in [2.24, 2.45) is 4.99 Å². The molecule has 0 aliphatic rings. The van der Waals surface area contributed by atoms with E-state index < -0.39 is 5.97 Å². The number of aromatic amines is 1. The van der Waals surface area contributed by atoms with Gasteiger partial charge in [-0.05, 0) is 48.7 Å². The third kappa shape index (κ3) is 4.19. The van der Waals surface area contributed by atoms with Crippen molar-refractivity contribution in [2.45, 2.75) is 19.3 Å². The fraction of sp³-hybridized carbons (Fsp3) is 0.158. The molecule has 0 saturated heterocycles. The van der Waals surface area contributed by atoms with Gasteiger partial charge in [-0.1, -0.05) is 23.7 Å². The Hall–Kier alpha value is -2.79. The summed E-state index contributed by atoms with van der Waals surface area (Å²) in [5.41, 5.74) is 3.19. The smallest absolute Gasteiger partial charge is 0.303 e. The molecular weight excluding hydrogens is 340 g/mol. The third-order valence-corrected chi connectivity index (χ3v) is 4.15. The summed E-state index contributed by atoms with van der Waals surface area (Å²) in [4.78, 5) is 17.8. The molecule has 1 aromatic heterocycles. The highest BCUT2D eigenvalue weighted by Gasteiger charge is 2.09. The number of benzene rings is 2. The number of carbonyl (C=O) groups is 1. The van der Waals surface area contributed by atoms with Crippen LogP contribution in [0.1, 0.15) is 24.0 Å². The van der Waals surface area contributed by atoms with Crippen LogP contribution in [-0.4, -0.2) is 27.4 Å². The first-order chi connectivity index (χ1) is 12.0. The van der Waals surface area contributed by atoms with Crippen LogP contribution in [0.3, 0.4) is 0 Å². The van der Waals surface area contributed by atoms with E-state index in [0.29, 0.717) is 17.0 Å². The Morgan fingerprint density at radius 3 is 2.68 bits per heavy atom. The van der Waals surface area contributed by atoms with Crippen LogP contribution in [0.4, 0.5) is 5.69 Å². The molecule has 0 aliphatic heterocycles. The Labute approximate surface area is 149 Å². The molecule has 0 radical (unpaired) electrons. The highest BCUT2D eigenvalue weighted by Crippen LogP contribution is 2.28. The zero-order chi connectivity index (χ0) is 17.8. The molecule has 5 nitrogen and oxygen atoms in total. The van der Waals surface area contributed by atoms with Crippen molar-refractivity contribution in [1.82, 2.24) is 4.98 Å². The number of carboxylic acid groups (broad SMARTS) is 1. The van der Waals surface area contributed by atoms with E-state index in [9.17, 15) is 9.90 Å². The monoisotopic (exact) mass is 356 g/mol. The summed E-state index contributed by atoms with van der Waals surface area (Å²) >= 11 is 6.02. The second-order valence-electron chi connectivity index (χ2n) is 5.75. The fourth-order valence-corrected chi connectivity index (χ4v) is 2.81. The number of nitrogens with zero attached hydrogens (tertiary/aromatic N) is 1. The van der Waals surface area contributed by atoms with Crippen LogP contribution in [0.2, 0.25) is 5.02 Å². The highest BCUT2D eigenvalue weighted by atomic mass is 35.5. The van der Waals surface area contributed by atoms with Gasteiger partial charge in [0.2, 0.25) is 0 Å². The van der Waals surface area contributed by atoms with Gasteiger partial charge in [-0.25, -0.2) is 0 Å².